The van der Waals surface area contributed by atoms with Crippen LogP contribution in [0.1, 0.15) is 27.2 Å². The van der Waals surface area contributed by atoms with E-state index in [1.54, 1.807) is 0 Å². The summed E-state index contributed by atoms with van der Waals surface area (Å²) in [7, 11) is 0. The zero-order chi connectivity index (χ0) is 11.5. The Kier molecular flexibility index (Phi) is 3.86. The topological polar surface area (TPSA) is 37.3 Å². The molecular weight excluding hydrogens is 188 g/mol. The molecule has 15 heavy (non-hydrogen) atoms. The van der Waals surface area contributed by atoms with Gasteiger partial charge < -0.3 is 9.90 Å². The summed E-state index contributed by atoms with van der Waals surface area (Å²) in [4.78, 5) is 10.2. The first-order valence-corrected chi connectivity index (χ1v) is 5.47. The molecule has 2 heteroatoms. The zero-order valence-electron chi connectivity index (χ0n) is 9.68. The molecule has 0 spiro atoms. The van der Waals surface area contributed by atoms with Crippen molar-refractivity contribution >= 4 is 6.29 Å². The smallest absolute Gasteiger partial charge is 0.123 e. The minimum absolute atomic E-state index is 0.0536. The molecule has 2 nitrogen and oxygen atoms in total. The Morgan fingerprint density at radius 2 is 2.13 bits per heavy atom. The van der Waals surface area contributed by atoms with Crippen LogP contribution in [-0.2, 0) is 4.79 Å². The van der Waals surface area contributed by atoms with Crippen molar-refractivity contribution < 1.29 is 9.90 Å². The summed E-state index contributed by atoms with van der Waals surface area (Å²) in [6, 6.07) is 0. The Morgan fingerprint density at radius 1 is 1.47 bits per heavy atom. The highest BCUT2D eigenvalue weighted by atomic mass is 16.3. The molecular formula is C13H20O2. The van der Waals surface area contributed by atoms with Gasteiger partial charge in [0.15, 0.2) is 0 Å². The number of carbonyl (C=O) groups excluding carboxylic acids is 1. The molecule has 0 aliphatic heterocycles. The molecule has 0 saturated carbocycles. The Hall–Kier alpha value is -0.890. The van der Waals surface area contributed by atoms with Crippen LogP contribution in [0.5, 0.6) is 0 Å². The Balaban J connectivity index is 2.83. The van der Waals surface area contributed by atoms with E-state index in [1.165, 1.54) is 0 Å². The van der Waals surface area contributed by atoms with Gasteiger partial charge in [-0.15, -0.1) is 0 Å². The van der Waals surface area contributed by atoms with Crippen molar-refractivity contribution in [2.24, 2.45) is 17.3 Å². The van der Waals surface area contributed by atoms with Crippen LogP contribution in [0, 0.1) is 17.3 Å². The van der Waals surface area contributed by atoms with Gasteiger partial charge >= 0.3 is 0 Å². The number of rotatable bonds is 3. The van der Waals surface area contributed by atoms with Crippen LogP contribution in [0.15, 0.2) is 24.3 Å². The molecule has 1 rings (SSSR count). The normalized spacial score (nSPS) is 34.5. The van der Waals surface area contributed by atoms with E-state index in [0.717, 1.165) is 6.29 Å². The molecule has 84 valence electrons. The molecule has 1 N–H and O–H groups in total. The third-order valence-electron chi connectivity index (χ3n) is 3.26. The van der Waals surface area contributed by atoms with Crippen molar-refractivity contribution in [2.75, 3.05) is 0 Å². The monoisotopic (exact) mass is 208 g/mol. The molecule has 3 unspecified atom stereocenters. The van der Waals surface area contributed by atoms with Gasteiger partial charge in [-0.2, -0.15) is 0 Å². The van der Waals surface area contributed by atoms with Crippen LogP contribution in [-0.4, -0.2) is 17.5 Å². The van der Waals surface area contributed by atoms with E-state index in [2.05, 4.69) is 26.0 Å². The minimum Gasteiger partial charge on any atom is -0.389 e. The lowest BCUT2D eigenvalue weighted by atomic mass is 9.67. The van der Waals surface area contributed by atoms with Gasteiger partial charge in [0.2, 0.25) is 0 Å². The van der Waals surface area contributed by atoms with Crippen molar-refractivity contribution in [1.82, 2.24) is 0 Å². The summed E-state index contributed by atoms with van der Waals surface area (Å²) in [5.41, 5.74) is 0.0536. The second-order valence-electron chi connectivity index (χ2n) is 4.89. The minimum atomic E-state index is -0.371. The maximum Gasteiger partial charge on any atom is 0.123 e. The number of hydrogen-bond donors (Lipinski definition) is 1. The second kappa shape index (κ2) is 4.75. The lowest BCUT2D eigenvalue weighted by Gasteiger charge is -2.39. The summed E-state index contributed by atoms with van der Waals surface area (Å²) < 4.78 is 0. The van der Waals surface area contributed by atoms with Gasteiger partial charge in [-0.25, -0.2) is 0 Å². The van der Waals surface area contributed by atoms with Gasteiger partial charge in [-0.3, -0.25) is 0 Å². The van der Waals surface area contributed by atoms with Crippen molar-refractivity contribution in [2.45, 2.75) is 33.3 Å². The fourth-order valence-electron chi connectivity index (χ4n) is 2.23. The van der Waals surface area contributed by atoms with Crippen molar-refractivity contribution in [3.05, 3.63) is 24.3 Å². The van der Waals surface area contributed by atoms with Gasteiger partial charge in [-0.05, 0) is 17.3 Å². The first kappa shape index (κ1) is 12.2. The first-order valence-electron chi connectivity index (χ1n) is 5.47. The number of carbonyl (C=O) groups is 1. The standard InChI is InChI=1S/C13H20O2/c1-10-11(6-4-5-9-14)13(2,3)8-7-12(10)15/h4,6-12,15H,5H2,1-3H3. The molecule has 0 heterocycles. The van der Waals surface area contributed by atoms with Gasteiger partial charge in [-0.1, -0.05) is 45.1 Å². The zero-order valence-corrected chi connectivity index (χ0v) is 9.68. The van der Waals surface area contributed by atoms with E-state index < -0.39 is 0 Å². The quantitative estimate of drug-likeness (QED) is 0.571. The average molecular weight is 208 g/mol. The largest absolute Gasteiger partial charge is 0.389 e. The molecule has 0 amide bonds. The number of allylic oxidation sites excluding steroid dienone is 3. The third kappa shape index (κ3) is 2.78. The van der Waals surface area contributed by atoms with Crippen LogP contribution in [0.3, 0.4) is 0 Å². The molecule has 0 aromatic carbocycles. The molecule has 0 bridgehead atoms. The van der Waals surface area contributed by atoms with Crippen molar-refractivity contribution in [1.29, 1.82) is 0 Å². The predicted molar refractivity (Wildman–Crippen MR) is 61.4 cm³/mol. The van der Waals surface area contributed by atoms with Crippen molar-refractivity contribution in [3.63, 3.8) is 0 Å². The first-order chi connectivity index (χ1) is 6.99. The molecule has 1 aliphatic rings. The highest BCUT2D eigenvalue weighted by molar-refractivity contribution is 5.51. The number of aliphatic hydroxyl groups is 1. The van der Waals surface area contributed by atoms with Gasteiger partial charge in [0, 0.05) is 6.42 Å². The molecule has 0 aromatic heterocycles. The molecule has 1 aliphatic carbocycles. The maximum absolute atomic E-state index is 10.2. The van der Waals surface area contributed by atoms with Crippen LogP contribution in [0.2, 0.25) is 0 Å². The Labute approximate surface area is 91.7 Å². The fourth-order valence-corrected chi connectivity index (χ4v) is 2.23. The Morgan fingerprint density at radius 3 is 2.73 bits per heavy atom. The average Bonchev–Trinajstić information content (AvgIpc) is 2.18. The van der Waals surface area contributed by atoms with E-state index in [4.69, 9.17) is 0 Å². The van der Waals surface area contributed by atoms with E-state index >= 15 is 0 Å². The SMILES string of the molecule is CC1C(O)C=CC(C)(C)C1C=CCC=O. The number of aliphatic hydroxyl groups excluding tert-OH is 1. The van der Waals surface area contributed by atoms with Crippen LogP contribution in [0.4, 0.5) is 0 Å². The van der Waals surface area contributed by atoms with E-state index in [0.29, 0.717) is 6.42 Å². The molecule has 0 aromatic rings. The van der Waals surface area contributed by atoms with Crippen molar-refractivity contribution in [3.8, 4) is 0 Å². The van der Waals surface area contributed by atoms with Gasteiger partial charge in [0.05, 0.1) is 6.10 Å². The predicted octanol–water partition coefficient (Wildman–Crippen LogP) is 2.34. The maximum atomic E-state index is 10.2. The number of hydrogen-bond acceptors (Lipinski definition) is 2. The van der Waals surface area contributed by atoms with E-state index in [-0.39, 0.29) is 23.4 Å². The van der Waals surface area contributed by atoms with Gasteiger partial charge in [0.25, 0.3) is 0 Å². The second-order valence-corrected chi connectivity index (χ2v) is 4.89. The third-order valence-corrected chi connectivity index (χ3v) is 3.26. The summed E-state index contributed by atoms with van der Waals surface area (Å²) in [5, 5.41) is 9.75. The number of aldehydes is 1. The molecule has 0 fully saturated rings. The fraction of sp³-hybridized carbons (Fsp3) is 0.615. The van der Waals surface area contributed by atoms with Gasteiger partial charge in [0.1, 0.15) is 6.29 Å². The van der Waals surface area contributed by atoms with Crippen LogP contribution in [0.25, 0.3) is 0 Å². The lowest BCUT2D eigenvalue weighted by Crippen LogP contribution is -2.36. The summed E-state index contributed by atoms with van der Waals surface area (Å²) in [6.45, 7) is 6.36. The summed E-state index contributed by atoms with van der Waals surface area (Å²) in [6.07, 6.45) is 8.86. The summed E-state index contributed by atoms with van der Waals surface area (Å²) in [5.74, 6) is 0.491. The molecule has 0 radical (unpaired) electrons. The molecule has 3 atom stereocenters. The highest BCUT2D eigenvalue weighted by Crippen LogP contribution is 2.40. The molecule has 0 saturated heterocycles. The van der Waals surface area contributed by atoms with E-state index in [1.807, 2.05) is 19.1 Å². The summed E-state index contributed by atoms with van der Waals surface area (Å²) >= 11 is 0. The lowest BCUT2D eigenvalue weighted by molar-refractivity contribution is -0.107. The van der Waals surface area contributed by atoms with Crippen LogP contribution < -0.4 is 0 Å². The Bertz CT molecular complexity index is 276. The highest BCUT2D eigenvalue weighted by Gasteiger charge is 2.35. The van der Waals surface area contributed by atoms with E-state index in [9.17, 15) is 9.90 Å². The van der Waals surface area contributed by atoms with Crippen LogP contribution >= 0.6 is 0 Å².